The average Bonchev–Trinajstić information content (AvgIpc) is 3.32. The second-order valence-corrected chi connectivity index (χ2v) is 6.93. The Balaban J connectivity index is 1.58. The highest BCUT2D eigenvalue weighted by Crippen LogP contribution is 2.24. The van der Waals surface area contributed by atoms with E-state index in [0.29, 0.717) is 0 Å². The van der Waals surface area contributed by atoms with Gasteiger partial charge in [-0.15, -0.1) is 0 Å². The van der Waals surface area contributed by atoms with Crippen molar-refractivity contribution in [3.8, 4) is 0 Å². The number of carbonyl (C=O) groups is 1. The SMILES string of the molecule is CCc1ccc2c(CC(=O)NC(c3ccccc3)c3nccn3C)coc2c1. The molecule has 5 heteroatoms. The zero-order valence-corrected chi connectivity index (χ0v) is 16.1. The summed E-state index contributed by atoms with van der Waals surface area (Å²) in [6.07, 6.45) is 6.52. The van der Waals surface area contributed by atoms with Gasteiger partial charge in [-0.2, -0.15) is 0 Å². The lowest BCUT2D eigenvalue weighted by Crippen LogP contribution is -2.32. The van der Waals surface area contributed by atoms with Crippen LogP contribution in [0, 0.1) is 0 Å². The van der Waals surface area contributed by atoms with Gasteiger partial charge in [-0.25, -0.2) is 4.98 Å². The zero-order valence-electron chi connectivity index (χ0n) is 16.1. The number of benzene rings is 2. The molecule has 4 rings (SSSR count). The van der Waals surface area contributed by atoms with E-state index >= 15 is 0 Å². The molecule has 0 saturated carbocycles. The highest BCUT2D eigenvalue weighted by atomic mass is 16.3. The van der Waals surface area contributed by atoms with Gasteiger partial charge in [0.25, 0.3) is 0 Å². The van der Waals surface area contributed by atoms with Crippen LogP contribution in [0.3, 0.4) is 0 Å². The van der Waals surface area contributed by atoms with Crippen LogP contribution in [-0.2, 0) is 24.7 Å². The van der Waals surface area contributed by atoms with Crippen molar-refractivity contribution in [2.45, 2.75) is 25.8 Å². The third-order valence-corrected chi connectivity index (χ3v) is 5.03. The number of aryl methyl sites for hydroxylation is 2. The molecule has 0 aliphatic rings. The van der Waals surface area contributed by atoms with E-state index < -0.39 is 0 Å². The van der Waals surface area contributed by atoms with Crippen molar-refractivity contribution in [3.05, 3.63) is 89.7 Å². The molecular formula is C23H23N3O2. The summed E-state index contributed by atoms with van der Waals surface area (Å²) in [5.41, 5.74) is 3.93. The number of furan rings is 1. The van der Waals surface area contributed by atoms with E-state index in [1.807, 2.05) is 60.3 Å². The standard InChI is InChI=1S/C23H23N3O2/c1-3-16-9-10-19-18(15-28-20(19)13-16)14-21(27)25-22(17-7-5-4-6-8-17)23-24-11-12-26(23)2/h4-13,15,22H,3,14H2,1-2H3,(H,25,27). The van der Waals surface area contributed by atoms with Crippen LogP contribution >= 0.6 is 0 Å². The van der Waals surface area contributed by atoms with E-state index in [0.717, 1.165) is 34.3 Å². The van der Waals surface area contributed by atoms with Crippen LogP contribution in [0.5, 0.6) is 0 Å². The fourth-order valence-corrected chi connectivity index (χ4v) is 3.47. The zero-order chi connectivity index (χ0) is 19.5. The molecule has 2 aromatic carbocycles. The van der Waals surface area contributed by atoms with Gasteiger partial charge in [-0.3, -0.25) is 4.79 Å². The molecule has 0 aliphatic carbocycles. The molecule has 1 atom stereocenters. The summed E-state index contributed by atoms with van der Waals surface area (Å²) in [4.78, 5) is 17.3. The monoisotopic (exact) mass is 373 g/mol. The highest BCUT2D eigenvalue weighted by molar-refractivity contribution is 5.88. The molecule has 0 fully saturated rings. The van der Waals surface area contributed by atoms with E-state index in [-0.39, 0.29) is 18.4 Å². The summed E-state index contributed by atoms with van der Waals surface area (Å²) in [5, 5.41) is 4.12. The average molecular weight is 373 g/mol. The summed E-state index contributed by atoms with van der Waals surface area (Å²) in [6, 6.07) is 15.7. The molecule has 2 heterocycles. The number of hydrogen-bond donors (Lipinski definition) is 1. The van der Waals surface area contributed by atoms with E-state index in [2.05, 4.69) is 23.3 Å². The molecule has 0 saturated heterocycles. The molecule has 1 N–H and O–H groups in total. The number of amides is 1. The Hall–Kier alpha value is -3.34. The number of aromatic nitrogens is 2. The molecule has 1 unspecified atom stereocenters. The van der Waals surface area contributed by atoms with Gasteiger partial charge in [0.15, 0.2) is 0 Å². The maximum atomic E-state index is 12.9. The summed E-state index contributed by atoms with van der Waals surface area (Å²) in [5.74, 6) is 0.725. The number of hydrogen-bond acceptors (Lipinski definition) is 3. The Morgan fingerprint density at radius 3 is 2.75 bits per heavy atom. The van der Waals surface area contributed by atoms with Gasteiger partial charge in [0.2, 0.25) is 5.91 Å². The van der Waals surface area contributed by atoms with Gasteiger partial charge in [0, 0.05) is 30.4 Å². The molecule has 0 radical (unpaired) electrons. The summed E-state index contributed by atoms with van der Waals surface area (Å²) >= 11 is 0. The van der Waals surface area contributed by atoms with Gasteiger partial charge in [0.1, 0.15) is 17.4 Å². The van der Waals surface area contributed by atoms with Gasteiger partial charge in [0.05, 0.1) is 12.7 Å². The second-order valence-electron chi connectivity index (χ2n) is 6.93. The Bertz CT molecular complexity index is 1100. The Morgan fingerprint density at radius 1 is 1.21 bits per heavy atom. The van der Waals surface area contributed by atoms with Crippen LogP contribution in [0.15, 0.2) is 71.6 Å². The summed E-state index contributed by atoms with van der Waals surface area (Å²) in [6.45, 7) is 2.11. The van der Waals surface area contributed by atoms with Crippen molar-refractivity contribution < 1.29 is 9.21 Å². The second kappa shape index (κ2) is 7.72. The van der Waals surface area contributed by atoms with Gasteiger partial charge < -0.3 is 14.3 Å². The predicted molar refractivity (Wildman–Crippen MR) is 109 cm³/mol. The maximum Gasteiger partial charge on any atom is 0.225 e. The van der Waals surface area contributed by atoms with E-state index in [9.17, 15) is 4.79 Å². The minimum absolute atomic E-state index is 0.0703. The number of rotatable bonds is 6. The number of imidazole rings is 1. The first-order valence-corrected chi connectivity index (χ1v) is 9.46. The topological polar surface area (TPSA) is 60.1 Å². The quantitative estimate of drug-likeness (QED) is 0.552. The Labute approximate surface area is 164 Å². The van der Waals surface area contributed by atoms with Crippen LogP contribution < -0.4 is 5.32 Å². The van der Waals surface area contributed by atoms with E-state index in [1.54, 1.807) is 12.5 Å². The lowest BCUT2D eigenvalue weighted by Gasteiger charge is -2.19. The minimum Gasteiger partial charge on any atom is -0.464 e. The number of carbonyl (C=O) groups excluding carboxylic acids is 1. The van der Waals surface area contributed by atoms with Crippen LogP contribution in [0.1, 0.15) is 35.5 Å². The molecule has 0 bridgehead atoms. The Morgan fingerprint density at radius 2 is 2.04 bits per heavy atom. The van der Waals surface area contributed by atoms with Crippen LogP contribution in [0.25, 0.3) is 11.0 Å². The summed E-state index contributed by atoms with van der Waals surface area (Å²) < 4.78 is 7.60. The predicted octanol–water partition coefficient (Wildman–Crippen LogP) is 4.18. The van der Waals surface area contributed by atoms with Crippen LogP contribution in [-0.4, -0.2) is 15.5 Å². The fraction of sp³-hybridized carbons (Fsp3) is 0.217. The van der Waals surface area contributed by atoms with Crippen molar-refractivity contribution in [3.63, 3.8) is 0 Å². The number of fused-ring (bicyclic) bond motifs is 1. The number of nitrogens with one attached hydrogen (secondary N) is 1. The van der Waals surface area contributed by atoms with Crippen molar-refractivity contribution in [2.24, 2.45) is 7.05 Å². The molecule has 5 nitrogen and oxygen atoms in total. The van der Waals surface area contributed by atoms with Gasteiger partial charge in [-0.05, 0) is 23.6 Å². The molecule has 28 heavy (non-hydrogen) atoms. The Kier molecular flexibility index (Phi) is 4.98. The maximum absolute atomic E-state index is 12.9. The largest absolute Gasteiger partial charge is 0.464 e. The number of nitrogens with zero attached hydrogens (tertiary/aromatic N) is 2. The molecule has 142 valence electrons. The third-order valence-electron chi connectivity index (χ3n) is 5.03. The first-order valence-electron chi connectivity index (χ1n) is 9.46. The molecule has 0 aliphatic heterocycles. The molecule has 4 aromatic rings. The van der Waals surface area contributed by atoms with Crippen molar-refractivity contribution in [1.29, 1.82) is 0 Å². The van der Waals surface area contributed by atoms with Gasteiger partial charge >= 0.3 is 0 Å². The highest BCUT2D eigenvalue weighted by Gasteiger charge is 2.21. The van der Waals surface area contributed by atoms with E-state index in [4.69, 9.17) is 4.42 Å². The van der Waals surface area contributed by atoms with Crippen molar-refractivity contribution >= 4 is 16.9 Å². The van der Waals surface area contributed by atoms with E-state index in [1.165, 1.54) is 5.56 Å². The lowest BCUT2D eigenvalue weighted by molar-refractivity contribution is -0.121. The van der Waals surface area contributed by atoms with Crippen LogP contribution in [0.4, 0.5) is 0 Å². The minimum atomic E-state index is -0.307. The van der Waals surface area contributed by atoms with Crippen molar-refractivity contribution in [1.82, 2.24) is 14.9 Å². The van der Waals surface area contributed by atoms with Gasteiger partial charge in [-0.1, -0.05) is 49.4 Å². The molecule has 1 amide bonds. The third kappa shape index (κ3) is 3.56. The first-order chi connectivity index (χ1) is 13.7. The molecule has 2 aromatic heterocycles. The van der Waals surface area contributed by atoms with Crippen LogP contribution in [0.2, 0.25) is 0 Å². The molecule has 0 spiro atoms. The first kappa shape index (κ1) is 18.0. The normalized spacial score (nSPS) is 12.2. The van der Waals surface area contributed by atoms with Crippen molar-refractivity contribution in [2.75, 3.05) is 0 Å². The molecular weight excluding hydrogens is 350 g/mol. The lowest BCUT2D eigenvalue weighted by atomic mass is 10.0. The summed E-state index contributed by atoms with van der Waals surface area (Å²) in [7, 11) is 1.93. The smallest absolute Gasteiger partial charge is 0.225 e. The fourth-order valence-electron chi connectivity index (χ4n) is 3.47.